The fraction of sp³-hybridized carbons (Fsp3) is 0.600. The first-order chi connectivity index (χ1) is 9.60. The summed E-state index contributed by atoms with van der Waals surface area (Å²) in [6, 6.07) is 3.83. The maximum absolute atomic E-state index is 12.2. The van der Waals surface area contributed by atoms with Crippen molar-refractivity contribution in [2.24, 2.45) is 0 Å². The lowest BCUT2D eigenvalue weighted by atomic mass is 10.1. The van der Waals surface area contributed by atoms with Gasteiger partial charge in [-0.1, -0.05) is 6.92 Å². The van der Waals surface area contributed by atoms with Gasteiger partial charge in [0.1, 0.15) is 5.82 Å². The average molecular weight is 276 g/mol. The molecule has 1 unspecified atom stereocenters. The minimum Gasteiger partial charge on any atom is -0.384 e. The van der Waals surface area contributed by atoms with Gasteiger partial charge in [-0.25, -0.2) is 4.98 Å². The molecule has 2 rings (SSSR count). The van der Waals surface area contributed by atoms with E-state index in [1.54, 1.807) is 6.07 Å². The molecule has 2 heterocycles. The second-order valence-corrected chi connectivity index (χ2v) is 5.43. The van der Waals surface area contributed by atoms with Crippen molar-refractivity contribution in [3.8, 4) is 0 Å². The Morgan fingerprint density at radius 2 is 2.15 bits per heavy atom. The number of amides is 1. The summed E-state index contributed by atoms with van der Waals surface area (Å²) in [7, 11) is 0. The van der Waals surface area contributed by atoms with Crippen molar-refractivity contribution in [2.75, 3.05) is 25.4 Å². The molecule has 0 spiro atoms. The molecule has 1 amide bonds. The number of carbonyl (C=O) groups excluding carboxylic acids is 1. The Hall–Kier alpha value is -1.62. The molecule has 5 nitrogen and oxygen atoms in total. The molecular weight excluding hydrogens is 252 g/mol. The number of aryl methyl sites for hydroxylation is 1. The van der Waals surface area contributed by atoms with Crippen LogP contribution in [-0.4, -0.2) is 41.5 Å². The molecule has 0 bridgehead atoms. The minimum absolute atomic E-state index is 0.0696. The normalized spacial score (nSPS) is 17.1. The Bertz CT molecular complexity index is 469. The zero-order valence-electron chi connectivity index (χ0n) is 12.4. The largest absolute Gasteiger partial charge is 0.384 e. The lowest BCUT2D eigenvalue weighted by Crippen LogP contribution is -2.40. The first-order valence-corrected chi connectivity index (χ1v) is 7.39. The van der Waals surface area contributed by atoms with Crippen LogP contribution in [0.3, 0.4) is 0 Å². The quantitative estimate of drug-likeness (QED) is 0.853. The van der Waals surface area contributed by atoms with Crippen molar-refractivity contribution >= 4 is 11.7 Å². The van der Waals surface area contributed by atoms with E-state index >= 15 is 0 Å². The van der Waals surface area contributed by atoms with Crippen LogP contribution in [0.25, 0.3) is 0 Å². The zero-order valence-corrected chi connectivity index (χ0v) is 12.4. The molecule has 1 aliphatic heterocycles. The van der Waals surface area contributed by atoms with Crippen LogP contribution in [0.4, 0.5) is 5.82 Å². The summed E-state index contributed by atoms with van der Waals surface area (Å²) in [6.07, 6.45) is 3.30. The van der Waals surface area contributed by atoms with Gasteiger partial charge in [0.15, 0.2) is 0 Å². The predicted molar refractivity (Wildman–Crippen MR) is 80.6 cm³/mol. The van der Waals surface area contributed by atoms with E-state index in [1.807, 2.05) is 13.0 Å². The van der Waals surface area contributed by atoms with Gasteiger partial charge < -0.3 is 11.1 Å². The minimum atomic E-state index is -0.0696. The van der Waals surface area contributed by atoms with E-state index in [0.29, 0.717) is 24.0 Å². The van der Waals surface area contributed by atoms with Gasteiger partial charge in [0.05, 0.1) is 0 Å². The van der Waals surface area contributed by atoms with Crippen LogP contribution in [-0.2, 0) is 6.42 Å². The van der Waals surface area contributed by atoms with Gasteiger partial charge in [0, 0.05) is 23.8 Å². The number of anilines is 1. The maximum Gasteiger partial charge on any atom is 0.251 e. The number of rotatable bonds is 5. The second-order valence-electron chi connectivity index (χ2n) is 5.43. The molecule has 1 aliphatic rings. The third-order valence-electron chi connectivity index (χ3n) is 3.84. The van der Waals surface area contributed by atoms with Crippen LogP contribution < -0.4 is 11.1 Å². The third-order valence-corrected chi connectivity index (χ3v) is 3.84. The number of carbonyl (C=O) groups is 1. The summed E-state index contributed by atoms with van der Waals surface area (Å²) in [4.78, 5) is 18.8. The first kappa shape index (κ1) is 14.8. The molecular formula is C15H24N4O. The molecule has 1 aromatic rings. The number of nitrogens with zero attached hydrogens (tertiary/aromatic N) is 2. The lowest BCUT2D eigenvalue weighted by Gasteiger charge is -2.23. The molecule has 1 aromatic heterocycles. The van der Waals surface area contributed by atoms with Gasteiger partial charge in [-0.3, -0.25) is 9.69 Å². The molecule has 0 saturated carbocycles. The van der Waals surface area contributed by atoms with Crippen molar-refractivity contribution in [3.05, 3.63) is 23.4 Å². The lowest BCUT2D eigenvalue weighted by molar-refractivity contribution is 0.0940. The highest BCUT2D eigenvalue weighted by Crippen LogP contribution is 2.12. The molecule has 0 radical (unpaired) electrons. The Kier molecular flexibility index (Phi) is 4.95. The molecule has 5 heteroatoms. The number of hydrogen-bond acceptors (Lipinski definition) is 4. The number of hydrogen-bond donors (Lipinski definition) is 2. The van der Waals surface area contributed by atoms with Crippen molar-refractivity contribution in [2.45, 2.75) is 39.2 Å². The van der Waals surface area contributed by atoms with Crippen LogP contribution in [0.5, 0.6) is 0 Å². The van der Waals surface area contributed by atoms with Gasteiger partial charge in [-0.05, 0) is 51.4 Å². The van der Waals surface area contributed by atoms with Crippen molar-refractivity contribution in [3.63, 3.8) is 0 Å². The monoisotopic (exact) mass is 276 g/mol. The van der Waals surface area contributed by atoms with Crippen LogP contribution >= 0.6 is 0 Å². The fourth-order valence-electron chi connectivity index (χ4n) is 2.58. The van der Waals surface area contributed by atoms with Gasteiger partial charge in [-0.2, -0.15) is 0 Å². The number of aromatic nitrogens is 1. The van der Waals surface area contributed by atoms with E-state index in [-0.39, 0.29) is 5.91 Å². The summed E-state index contributed by atoms with van der Waals surface area (Å²) in [5.74, 6) is 0.335. The number of likely N-dealkylation sites (tertiary alicyclic amines) is 1. The van der Waals surface area contributed by atoms with Crippen molar-refractivity contribution in [1.82, 2.24) is 15.2 Å². The summed E-state index contributed by atoms with van der Waals surface area (Å²) >= 11 is 0. The van der Waals surface area contributed by atoms with E-state index < -0.39 is 0 Å². The Labute approximate surface area is 120 Å². The highest BCUT2D eigenvalue weighted by molar-refractivity contribution is 5.94. The van der Waals surface area contributed by atoms with Crippen LogP contribution in [0.2, 0.25) is 0 Å². The standard InChI is InChI=1S/C15H24N4O/c1-3-13-8-12(9-14(16)18-13)15(20)17-10-11(2)19-6-4-5-7-19/h8-9,11H,3-7,10H2,1-2H3,(H2,16,18)(H,17,20). The predicted octanol–water partition coefficient (Wildman–Crippen LogP) is 1.44. The molecule has 0 aliphatic carbocycles. The van der Waals surface area contributed by atoms with Gasteiger partial charge in [-0.15, -0.1) is 0 Å². The van der Waals surface area contributed by atoms with Crippen LogP contribution in [0.1, 0.15) is 42.7 Å². The molecule has 1 fully saturated rings. The maximum atomic E-state index is 12.2. The van der Waals surface area contributed by atoms with Crippen molar-refractivity contribution in [1.29, 1.82) is 0 Å². The Morgan fingerprint density at radius 3 is 2.80 bits per heavy atom. The first-order valence-electron chi connectivity index (χ1n) is 7.39. The summed E-state index contributed by atoms with van der Waals surface area (Å²) in [5.41, 5.74) is 7.18. The van der Waals surface area contributed by atoms with E-state index in [4.69, 9.17) is 5.73 Å². The van der Waals surface area contributed by atoms with E-state index in [0.717, 1.165) is 25.2 Å². The number of pyridine rings is 1. The van der Waals surface area contributed by atoms with Gasteiger partial charge >= 0.3 is 0 Å². The number of nitrogens with one attached hydrogen (secondary N) is 1. The summed E-state index contributed by atoms with van der Waals surface area (Å²) in [5, 5.41) is 2.99. The van der Waals surface area contributed by atoms with Crippen molar-refractivity contribution < 1.29 is 4.79 Å². The van der Waals surface area contributed by atoms with Crippen LogP contribution in [0.15, 0.2) is 12.1 Å². The highest BCUT2D eigenvalue weighted by atomic mass is 16.1. The SMILES string of the molecule is CCc1cc(C(=O)NCC(C)N2CCCC2)cc(N)n1. The zero-order chi connectivity index (χ0) is 14.5. The molecule has 3 N–H and O–H groups in total. The Balaban J connectivity index is 1.92. The molecule has 1 saturated heterocycles. The van der Waals surface area contributed by atoms with Gasteiger partial charge in [0.2, 0.25) is 0 Å². The Morgan fingerprint density at radius 1 is 1.45 bits per heavy atom. The highest BCUT2D eigenvalue weighted by Gasteiger charge is 2.18. The summed E-state index contributed by atoms with van der Waals surface area (Å²) < 4.78 is 0. The molecule has 110 valence electrons. The van der Waals surface area contributed by atoms with E-state index in [1.165, 1.54) is 12.8 Å². The van der Waals surface area contributed by atoms with E-state index in [2.05, 4.69) is 22.1 Å². The topological polar surface area (TPSA) is 71.2 Å². The smallest absolute Gasteiger partial charge is 0.251 e. The van der Waals surface area contributed by atoms with Crippen LogP contribution in [0, 0.1) is 0 Å². The molecule has 1 atom stereocenters. The summed E-state index contributed by atoms with van der Waals surface area (Å²) in [6.45, 7) is 7.10. The fourth-order valence-corrected chi connectivity index (χ4v) is 2.58. The number of nitrogen functional groups attached to an aromatic ring is 1. The average Bonchev–Trinajstić information content (AvgIpc) is 2.97. The molecule has 20 heavy (non-hydrogen) atoms. The third kappa shape index (κ3) is 3.70. The molecule has 0 aromatic carbocycles. The second kappa shape index (κ2) is 6.70. The number of nitrogens with two attached hydrogens (primary N) is 1. The van der Waals surface area contributed by atoms with Gasteiger partial charge in [0.25, 0.3) is 5.91 Å². The van der Waals surface area contributed by atoms with E-state index in [9.17, 15) is 4.79 Å².